The predicted molar refractivity (Wildman–Crippen MR) is 40.9 cm³/mol. The molecule has 0 bridgehead atoms. The van der Waals surface area contributed by atoms with Crippen molar-refractivity contribution in [3.63, 3.8) is 0 Å². The van der Waals surface area contributed by atoms with Gasteiger partial charge in [-0.3, -0.25) is 4.52 Å². The van der Waals surface area contributed by atoms with Crippen LogP contribution >= 0.6 is 19.4 Å². The van der Waals surface area contributed by atoms with Gasteiger partial charge in [0.1, 0.15) is 6.10 Å². The van der Waals surface area contributed by atoms with E-state index in [0.717, 1.165) is 0 Å². The molecule has 0 saturated heterocycles. The summed E-state index contributed by atoms with van der Waals surface area (Å²) < 4.78 is 13.9. The van der Waals surface area contributed by atoms with Gasteiger partial charge in [-0.05, 0) is 0 Å². The average Bonchev–Trinajstić information content (AvgIpc) is 1.81. The first kappa shape index (κ1) is 14.6. The zero-order valence-corrected chi connectivity index (χ0v) is 6.46. The van der Waals surface area contributed by atoms with Crippen LogP contribution in [0, 0.1) is 0 Å². The monoisotopic (exact) mass is 212 g/mol. The van der Waals surface area contributed by atoms with E-state index in [9.17, 15) is 9.36 Å². The summed E-state index contributed by atoms with van der Waals surface area (Å²) in [5.74, 6) is -0.269. The molecular weight excluding hydrogens is 205 g/mol. The molecule has 62 valence electrons. The number of aldehydes is 1. The quantitative estimate of drug-likeness (QED) is 0.277. The Kier molecular flexibility index (Phi) is 8.71. The zero-order valence-electron chi connectivity index (χ0n) is 4.81. The van der Waals surface area contributed by atoms with Crippen LogP contribution in [-0.2, 0) is 13.9 Å². The maximum absolute atomic E-state index is 10.0. The number of halogens is 1. The molecule has 0 heterocycles. The van der Waals surface area contributed by atoms with Gasteiger partial charge in [0, 0.05) is 0 Å². The van der Waals surface area contributed by atoms with E-state index in [-0.39, 0.29) is 41.7 Å². The van der Waals surface area contributed by atoms with Crippen molar-refractivity contribution in [3.05, 3.63) is 0 Å². The van der Waals surface area contributed by atoms with Crippen molar-refractivity contribution in [3.8, 4) is 0 Å². The van der Waals surface area contributed by atoms with E-state index in [1.54, 1.807) is 0 Å². The number of hydrogen-bond donors (Lipinski definition) is 2. The molecule has 0 radical (unpaired) electrons. The number of carbonyl (C=O) groups excluding carboxylic acids is 1. The second-order valence-corrected chi connectivity index (χ2v) is 2.93. The molecule has 0 rings (SSSR count). The summed E-state index contributed by atoms with van der Waals surface area (Å²) in [5.41, 5.74) is 0. The maximum atomic E-state index is 10.0. The molecule has 5 nitrogen and oxygen atoms in total. The van der Waals surface area contributed by atoms with Gasteiger partial charge in [-0.1, -0.05) is 0 Å². The van der Waals surface area contributed by atoms with Gasteiger partial charge in [0.25, 0.3) is 0 Å². The molecule has 0 aromatic rings. The van der Waals surface area contributed by atoms with Crippen molar-refractivity contribution in [2.45, 2.75) is 6.10 Å². The summed E-state index contributed by atoms with van der Waals surface area (Å²) in [6, 6.07) is 0. The summed E-state index contributed by atoms with van der Waals surface area (Å²) in [7, 11) is -4.57. The van der Waals surface area contributed by atoms with Gasteiger partial charge in [-0.25, -0.2) is 4.57 Å². The number of hydrogen-bond acceptors (Lipinski definition) is 3. The summed E-state index contributed by atoms with van der Waals surface area (Å²) >= 11 is 5.07. The fourth-order valence-electron chi connectivity index (χ4n) is 0.266. The van der Waals surface area contributed by atoms with Crippen LogP contribution in [0.3, 0.4) is 0 Å². The van der Waals surface area contributed by atoms with Gasteiger partial charge in [-0.2, -0.15) is 0 Å². The van der Waals surface area contributed by atoms with Gasteiger partial charge >= 0.3 is 37.4 Å². The molecule has 0 amide bonds. The minimum atomic E-state index is -4.57. The Hall–Kier alpha value is 1.07. The van der Waals surface area contributed by atoms with Gasteiger partial charge < -0.3 is 14.6 Å². The van der Waals surface area contributed by atoms with E-state index in [1.165, 1.54) is 0 Å². The third-order valence-electron chi connectivity index (χ3n) is 0.577. The molecule has 1 atom stereocenters. The number of phosphoric acid groups is 1. The van der Waals surface area contributed by atoms with E-state index in [4.69, 9.17) is 21.4 Å². The molecular formula is C3H7ClNaO5P. The first-order valence-corrected chi connectivity index (χ1v) is 4.31. The molecule has 1 unspecified atom stereocenters. The van der Waals surface area contributed by atoms with Crippen LogP contribution in [0.4, 0.5) is 0 Å². The van der Waals surface area contributed by atoms with Crippen molar-refractivity contribution in [1.82, 2.24) is 0 Å². The van der Waals surface area contributed by atoms with Gasteiger partial charge in [0.2, 0.25) is 0 Å². The summed E-state index contributed by atoms with van der Waals surface area (Å²) in [6.45, 7) is 0. The topological polar surface area (TPSA) is 83.8 Å². The van der Waals surface area contributed by atoms with E-state index in [2.05, 4.69) is 4.52 Å². The van der Waals surface area contributed by atoms with Crippen molar-refractivity contribution < 1.29 is 23.7 Å². The number of rotatable bonds is 4. The molecule has 0 aromatic carbocycles. The van der Waals surface area contributed by atoms with Gasteiger partial charge in [0.15, 0.2) is 6.29 Å². The first-order chi connectivity index (χ1) is 4.49. The summed E-state index contributed by atoms with van der Waals surface area (Å²) in [4.78, 5) is 26.1. The summed E-state index contributed by atoms with van der Waals surface area (Å²) in [6.07, 6.45) is -1.01. The van der Waals surface area contributed by atoms with E-state index < -0.39 is 13.9 Å². The van der Waals surface area contributed by atoms with Crippen LogP contribution < -0.4 is 0 Å². The Morgan fingerprint density at radius 2 is 2.09 bits per heavy atom. The van der Waals surface area contributed by atoms with Crippen LogP contribution in [0.5, 0.6) is 0 Å². The Labute approximate surface area is 90.6 Å². The SMILES string of the molecule is O=CC(CCl)OP(=O)(O)O.[NaH]. The van der Waals surface area contributed by atoms with Crippen LogP contribution in [0.25, 0.3) is 0 Å². The number of alkyl halides is 1. The van der Waals surface area contributed by atoms with Crippen LogP contribution in [0.15, 0.2) is 0 Å². The molecule has 0 aliphatic carbocycles. The number of phosphoric ester groups is 1. The Bertz CT molecular complexity index is 158. The van der Waals surface area contributed by atoms with Gasteiger partial charge in [-0.15, -0.1) is 11.6 Å². The Morgan fingerprint density at radius 3 is 2.18 bits per heavy atom. The second kappa shape index (κ2) is 6.57. The first-order valence-electron chi connectivity index (χ1n) is 2.25. The molecule has 0 saturated carbocycles. The zero-order chi connectivity index (χ0) is 8.20. The van der Waals surface area contributed by atoms with Crippen LogP contribution in [-0.4, -0.2) is 57.6 Å². The molecule has 0 aliphatic heterocycles. The predicted octanol–water partition coefficient (Wildman–Crippen LogP) is -0.747. The molecule has 0 aromatic heterocycles. The third kappa shape index (κ3) is 8.98. The Morgan fingerprint density at radius 1 is 1.64 bits per heavy atom. The molecule has 8 heteroatoms. The fraction of sp³-hybridized carbons (Fsp3) is 0.667. The second-order valence-electron chi connectivity index (χ2n) is 1.42. The average molecular weight is 213 g/mol. The van der Waals surface area contributed by atoms with Crippen LogP contribution in [0.1, 0.15) is 0 Å². The van der Waals surface area contributed by atoms with Crippen molar-refractivity contribution in [2.75, 3.05) is 5.88 Å². The summed E-state index contributed by atoms with van der Waals surface area (Å²) in [5, 5.41) is 0. The molecule has 11 heavy (non-hydrogen) atoms. The molecule has 0 fully saturated rings. The van der Waals surface area contributed by atoms with Crippen molar-refractivity contribution >= 4 is 55.3 Å². The fourth-order valence-corrected chi connectivity index (χ4v) is 0.966. The van der Waals surface area contributed by atoms with E-state index in [1.807, 2.05) is 0 Å². The number of carbonyl (C=O) groups is 1. The molecule has 0 aliphatic rings. The van der Waals surface area contributed by atoms with Crippen molar-refractivity contribution in [1.29, 1.82) is 0 Å². The minimum absolute atomic E-state index is 0. The van der Waals surface area contributed by atoms with Crippen molar-refractivity contribution in [2.24, 2.45) is 0 Å². The van der Waals surface area contributed by atoms with Gasteiger partial charge in [0.05, 0.1) is 5.88 Å². The van der Waals surface area contributed by atoms with Crippen LogP contribution in [0.2, 0.25) is 0 Å². The molecule has 0 spiro atoms. The van der Waals surface area contributed by atoms with E-state index in [0.29, 0.717) is 0 Å². The standard InChI is InChI=1S/C3H6ClO5P.Na.H/c4-1-3(2-5)9-10(6,7)8;;/h2-3H,1H2,(H2,6,7,8);;. The Balaban J connectivity index is 0. The van der Waals surface area contributed by atoms with E-state index >= 15 is 0 Å². The molecule has 2 N–H and O–H groups in total. The normalized spacial score (nSPS) is 13.4. The third-order valence-corrected chi connectivity index (χ3v) is 1.43.